The van der Waals surface area contributed by atoms with E-state index < -0.39 is 15.1 Å². The molecular formula is C24H24N2O4S2. The quantitative estimate of drug-likeness (QED) is 0.529. The van der Waals surface area contributed by atoms with Crippen LogP contribution in [0.15, 0.2) is 70.9 Å². The molecule has 2 amide bonds. The molecule has 1 aliphatic heterocycles. The molecule has 0 radical (unpaired) electrons. The number of nitrogens with one attached hydrogen (secondary N) is 1. The molecule has 1 N–H and O–H groups in total. The highest BCUT2D eigenvalue weighted by Gasteiger charge is 2.32. The van der Waals surface area contributed by atoms with Gasteiger partial charge in [0.05, 0.1) is 10.1 Å². The normalized spacial score (nSPS) is 14.8. The summed E-state index contributed by atoms with van der Waals surface area (Å²) in [6.07, 6.45) is 0.789. The Balaban J connectivity index is 1.36. The van der Waals surface area contributed by atoms with Crippen LogP contribution in [-0.2, 0) is 9.84 Å². The number of benzene rings is 2. The lowest BCUT2D eigenvalue weighted by atomic mass is 10.1. The number of Topliss-reactive ketones (excluding diaryl/α,β-unsaturated/α-hetero) is 1. The number of sulfone groups is 1. The second kappa shape index (κ2) is 9.26. The third-order valence-corrected chi connectivity index (χ3v) is 8.90. The molecule has 0 saturated carbocycles. The molecule has 166 valence electrons. The molecule has 1 aliphatic rings. The first-order chi connectivity index (χ1) is 15.3. The van der Waals surface area contributed by atoms with Gasteiger partial charge in [-0.1, -0.05) is 18.2 Å². The van der Waals surface area contributed by atoms with E-state index in [4.69, 9.17) is 0 Å². The molecule has 1 fully saturated rings. The number of amides is 2. The van der Waals surface area contributed by atoms with Crippen molar-refractivity contribution in [2.75, 3.05) is 18.4 Å². The summed E-state index contributed by atoms with van der Waals surface area (Å²) in [6.45, 7) is 2.23. The fourth-order valence-corrected chi connectivity index (χ4v) is 6.27. The first-order valence-corrected chi connectivity index (χ1v) is 12.8. The van der Waals surface area contributed by atoms with Crippen LogP contribution in [0.4, 0.5) is 10.5 Å². The second-order valence-corrected chi connectivity index (χ2v) is 11.0. The average molecular weight is 469 g/mol. The van der Waals surface area contributed by atoms with Crippen molar-refractivity contribution >= 4 is 38.7 Å². The maximum atomic E-state index is 13.1. The molecule has 32 heavy (non-hydrogen) atoms. The first kappa shape index (κ1) is 22.2. The zero-order valence-electron chi connectivity index (χ0n) is 17.7. The summed E-state index contributed by atoms with van der Waals surface area (Å²) in [5.41, 5.74) is 2.18. The van der Waals surface area contributed by atoms with Gasteiger partial charge in [-0.05, 0) is 73.2 Å². The molecule has 3 aromatic rings. The van der Waals surface area contributed by atoms with E-state index in [9.17, 15) is 18.0 Å². The van der Waals surface area contributed by atoms with Crippen LogP contribution in [0.2, 0.25) is 0 Å². The van der Waals surface area contributed by atoms with Gasteiger partial charge in [-0.25, -0.2) is 13.2 Å². The third kappa shape index (κ3) is 4.76. The summed E-state index contributed by atoms with van der Waals surface area (Å²) in [7, 11) is -3.46. The number of likely N-dealkylation sites (tertiary alicyclic amines) is 1. The van der Waals surface area contributed by atoms with Crippen molar-refractivity contribution in [3.05, 3.63) is 71.6 Å². The molecular weight excluding hydrogens is 444 g/mol. The van der Waals surface area contributed by atoms with Crippen LogP contribution in [0.3, 0.4) is 0 Å². The van der Waals surface area contributed by atoms with E-state index >= 15 is 0 Å². The van der Waals surface area contributed by atoms with Crippen molar-refractivity contribution in [1.29, 1.82) is 0 Å². The summed E-state index contributed by atoms with van der Waals surface area (Å²) >= 11 is 1.61. The monoisotopic (exact) mass is 468 g/mol. The van der Waals surface area contributed by atoms with Crippen LogP contribution in [0.25, 0.3) is 10.4 Å². The SMILES string of the molecule is CC(=O)c1ccc(NC(=O)N2CCC(S(=O)(=O)c3ccc(-c4cccs4)cc3)CC2)cc1. The van der Waals surface area contributed by atoms with Crippen molar-refractivity contribution < 1.29 is 18.0 Å². The first-order valence-electron chi connectivity index (χ1n) is 10.4. The van der Waals surface area contributed by atoms with Crippen LogP contribution in [0.1, 0.15) is 30.1 Å². The molecule has 0 aliphatic carbocycles. The fourth-order valence-electron chi connectivity index (χ4n) is 3.80. The highest BCUT2D eigenvalue weighted by molar-refractivity contribution is 7.92. The lowest BCUT2D eigenvalue weighted by Gasteiger charge is -2.31. The minimum Gasteiger partial charge on any atom is -0.324 e. The molecule has 4 rings (SSSR count). The summed E-state index contributed by atoms with van der Waals surface area (Å²) in [5, 5.41) is 4.30. The Morgan fingerprint density at radius 1 is 0.969 bits per heavy atom. The number of anilines is 1. The summed E-state index contributed by atoms with van der Waals surface area (Å²) in [5.74, 6) is -0.0349. The van der Waals surface area contributed by atoms with Crippen LogP contribution in [0.5, 0.6) is 0 Å². The maximum Gasteiger partial charge on any atom is 0.321 e. The summed E-state index contributed by atoms with van der Waals surface area (Å²) in [6, 6.07) is 17.5. The molecule has 2 heterocycles. The highest BCUT2D eigenvalue weighted by Crippen LogP contribution is 2.29. The van der Waals surface area contributed by atoms with Gasteiger partial charge in [0.2, 0.25) is 0 Å². The molecule has 0 unspecified atom stereocenters. The molecule has 0 spiro atoms. The number of thiophene rings is 1. The van der Waals surface area contributed by atoms with E-state index in [1.165, 1.54) is 6.92 Å². The number of carbonyl (C=O) groups is 2. The fraction of sp³-hybridized carbons (Fsp3) is 0.250. The Labute approximate surface area is 191 Å². The van der Waals surface area contributed by atoms with E-state index in [0.29, 0.717) is 42.1 Å². The van der Waals surface area contributed by atoms with E-state index in [0.717, 1.165) is 10.4 Å². The number of rotatable bonds is 5. The molecule has 2 aromatic carbocycles. The predicted octanol–water partition coefficient (Wildman–Crippen LogP) is 5.09. The third-order valence-electron chi connectivity index (χ3n) is 5.70. The minimum atomic E-state index is -3.46. The van der Waals surface area contributed by atoms with Gasteiger partial charge in [0.15, 0.2) is 15.6 Å². The Bertz CT molecular complexity index is 1190. The molecule has 6 nitrogen and oxygen atoms in total. The number of urea groups is 1. The van der Waals surface area contributed by atoms with Gasteiger partial charge in [0, 0.05) is 29.2 Å². The van der Waals surface area contributed by atoms with Crippen LogP contribution >= 0.6 is 11.3 Å². The minimum absolute atomic E-state index is 0.0349. The van der Waals surface area contributed by atoms with Gasteiger partial charge < -0.3 is 10.2 Å². The van der Waals surface area contributed by atoms with Crippen LogP contribution in [0, 0.1) is 0 Å². The Morgan fingerprint density at radius 3 is 2.19 bits per heavy atom. The van der Waals surface area contributed by atoms with Gasteiger partial charge in [-0.15, -0.1) is 11.3 Å². The molecule has 0 bridgehead atoms. The molecule has 1 aromatic heterocycles. The second-order valence-electron chi connectivity index (χ2n) is 7.80. The Hall–Kier alpha value is -2.97. The summed E-state index contributed by atoms with van der Waals surface area (Å²) in [4.78, 5) is 27.0. The van der Waals surface area contributed by atoms with Crippen molar-refractivity contribution in [3.8, 4) is 10.4 Å². The van der Waals surface area contributed by atoms with E-state index in [1.54, 1.807) is 52.6 Å². The molecule has 8 heteroatoms. The number of hydrogen-bond donors (Lipinski definition) is 1. The van der Waals surface area contributed by atoms with Crippen molar-refractivity contribution in [3.63, 3.8) is 0 Å². The standard InChI is InChI=1S/C24H24N2O4S2/c1-17(27)18-4-8-20(9-5-18)25-24(28)26-14-12-22(13-15-26)32(29,30)21-10-6-19(7-11-21)23-3-2-16-31-23/h2-11,16,22H,12-15H2,1H3,(H,25,28). The maximum absolute atomic E-state index is 13.1. The average Bonchev–Trinajstić information content (AvgIpc) is 3.35. The van der Waals surface area contributed by atoms with Gasteiger partial charge in [0.1, 0.15) is 0 Å². The zero-order chi connectivity index (χ0) is 22.7. The van der Waals surface area contributed by atoms with Crippen LogP contribution < -0.4 is 5.32 Å². The van der Waals surface area contributed by atoms with Gasteiger partial charge in [0.25, 0.3) is 0 Å². The van der Waals surface area contributed by atoms with Crippen LogP contribution in [-0.4, -0.2) is 43.5 Å². The van der Waals surface area contributed by atoms with E-state index in [-0.39, 0.29) is 11.8 Å². The smallest absolute Gasteiger partial charge is 0.321 e. The number of hydrogen-bond acceptors (Lipinski definition) is 5. The lowest BCUT2D eigenvalue weighted by molar-refractivity contribution is 0.101. The topological polar surface area (TPSA) is 83.6 Å². The molecule has 1 saturated heterocycles. The molecule has 0 atom stereocenters. The number of carbonyl (C=O) groups excluding carboxylic acids is 2. The Kier molecular flexibility index (Phi) is 6.43. The van der Waals surface area contributed by atoms with Gasteiger partial charge >= 0.3 is 6.03 Å². The lowest BCUT2D eigenvalue weighted by Crippen LogP contribution is -2.44. The van der Waals surface area contributed by atoms with Gasteiger partial charge in [-0.3, -0.25) is 4.79 Å². The predicted molar refractivity (Wildman–Crippen MR) is 127 cm³/mol. The zero-order valence-corrected chi connectivity index (χ0v) is 19.3. The number of nitrogens with zero attached hydrogens (tertiary/aromatic N) is 1. The largest absolute Gasteiger partial charge is 0.324 e. The van der Waals surface area contributed by atoms with Crippen molar-refractivity contribution in [1.82, 2.24) is 4.90 Å². The van der Waals surface area contributed by atoms with Crippen molar-refractivity contribution in [2.24, 2.45) is 0 Å². The van der Waals surface area contributed by atoms with E-state index in [2.05, 4.69) is 5.32 Å². The highest BCUT2D eigenvalue weighted by atomic mass is 32.2. The number of ketones is 1. The summed E-state index contributed by atoms with van der Waals surface area (Å²) < 4.78 is 26.2. The van der Waals surface area contributed by atoms with Gasteiger partial charge in [-0.2, -0.15) is 0 Å². The van der Waals surface area contributed by atoms with Crippen molar-refractivity contribution in [2.45, 2.75) is 29.9 Å². The Morgan fingerprint density at radius 2 is 1.62 bits per heavy atom. The van der Waals surface area contributed by atoms with E-state index in [1.807, 2.05) is 29.6 Å². The number of piperidine rings is 1.